The van der Waals surface area contributed by atoms with Gasteiger partial charge in [0.25, 0.3) is 0 Å². The molecule has 1 rings (SSSR count). The van der Waals surface area contributed by atoms with Crippen molar-refractivity contribution >= 4 is 11.8 Å². The molecule has 0 fully saturated rings. The number of alkyl halides is 3. The summed E-state index contributed by atoms with van der Waals surface area (Å²) in [5, 5.41) is 3.03. The standard InChI is InChI=1S/C15H23F3N2S/c1-4-7-19-11-12-5-6-13(21-9-8-20(2)3)10-14(12)15(16,17)18/h5-6,10,19H,4,7-9,11H2,1-3H3. The first kappa shape index (κ1) is 18.3. The predicted octanol–water partition coefficient (Wildman–Crippen LogP) is 3.86. The Morgan fingerprint density at radius 3 is 2.52 bits per heavy atom. The first-order valence-corrected chi connectivity index (χ1v) is 8.01. The number of nitrogens with one attached hydrogen (secondary N) is 1. The van der Waals surface area contributed by atoms with Crippen LogP contribution in [-0.4, -0.2) is 37.8 Å². The molecule has 120 valence electrons. The maximum Gasteiger partial charge on any atom is 0.416 e. The molecule has 6 heteroatoms. The zero-order valence-corrected chi connectivity index (χ0v) is 13.6. The number of rotatable bonds is 8. The molecule has 0 aromatic heterocycles. The lowest BCUT2D eigenvalue weighted by atomic mass is 10.1. The van der Waals surface area contributed by atoms with Gasteiger partial charge in [0.15, 0.2) is 0 Å². The van der Waals surface area contributed by atoms with Crippen molar-refractivity contribution in [3.63, 3.8) is 0 Å². The zero-order chi connectivity index (χ0) is 15.9. The maximum atomic E-state index is 13.1. The molecule has 0 aliphatic heterocycles. The van der Waals surface area contributed by atoms with Crippen molar-refractivity contribution in [1.82, 2.24) is 10.2 Å². The summed E-state index contributed by atoms with van der Waals surface area (Å²) in [5.74, 6) is 0.776. The summed E-state index contributed by atoms with van der Waals surface area (Å²) in [4.78, 5) is 2.68. The van der Waals surface area contributed by atoms with E-state index in [4.69, 9.17) is 0 Å². The lowest BCUT2D eigenvalue weighted by molar-refractivity contribution is -0.138. The smallest absolute Gasteiger partial charge is 0.313 e. The van der Waals surface area contributed by atoms with Gasteiger partial charge in [0.2, 0.25) is 0 Å². The number of thioether (sulfide) groups is 1. The van der Waals surface area contributed by atoms with Crippen LogP contribution in [0.1, 0.15) is 24.5 Å². The molecule has 0 aliphatic carbocycles. The van der Waals surface area contributed by atoms with E-state index in [0.29, 0.717) is 10.5 Å². The topological polar surface area (TPSA) is 15.3 Å². The number of halogens is 3. The number of nitrogens with zero attached hydrogens (tertiary/aromatic N) is 1. The molecule has 0 amide bonds. The third kappa shape index (κ3) is 6.72. The van der Waals surface area contributed by atoms with Gasteiger partial charge in [-0.05, 0) is 44.8 Å². The van der Waals surface area contributed by atoms with Crippen LogP contribution in [0.3, 0.4) is 0 Å². The van der Waals surface area contributed by atoms with Crippen LogP contribution in [0, 0.1) is 0 Å². The van der Waals surface area contributed by atoms with Crippen LogP contribution >= 0.6 is 11.8 Å². The zero-order valence-electron chi connectivity index (χ0n) is 12.8. The monoisotopic (exact) mass is 320 g/mol. The molecular formula is C15H23F3N2S. The van der Waals surface area contributed by atoms with Crippen LogP contribution in [-0.2, 0) is 12.7 Å². The average molecular weight is 320 g/mol. The molecule has 2 nitrogen and oxygen atoms in total. The van der Waals surface area contributed by atoms with Crippen LogP contribution in [0.15, 0.2) is 23.1 Å². The van der Waals surface area contributed by atoms with Gasteiger partial charge in [-0.25, -0.2) is 0 Å². The summed E-state index contributed by atoms with van der Waals surface area (Å²) in [7, 11) is 3.90. The highest BCUT2D eigenvalue weighted by Crippen LogP contribution is 2.34. The van der Waals surface area contributed by atoms with Gasteiger partial charge in [-0.1, -0.05) is 13.0 Å². The van der Waals surface area contributed by atoms with Crippen LogP contribution in [0.25, 0.3) is 0 Å². The van der Waals surface area contributed by atoms with E-state index < -0.39 is 11.7 Å². The first-order valence-electron chi connectivity index (χ1n) is 7.03. The highest BCUT2D eigenvalue weighted by atomic mass is 32.2. The molecule has 0 unspecified atom stereocenters. The minimum Gasteiger partial charge on any atom is -0.313 e. The normalized spacial score (nSPS) is 12.1. The molecule has 0 saturated heterocycles. The number of hydrogen-bond acceptors (Lipinski definition) is 3. The van der Waals surface area contributed by atoms with Crippen LogP contribution < -0.4 is 5.32 Å². The fourth-order valence-electron chi connectivity index (χ4n) is 1.81. The Kier molecular flexibility index (Phi) is 7.56. The van der Waals surface area contributed by atoms with Crippen LogP contribution in [0.2, 0.25) is 0 Å². The predicted molar refractivity (Wildman–Crippen MR) is 82.7 cm³/mol. The second-order valence-corrected chi connectivity index (χ2v) is 6.31. The van der Waals surface area contributed by atoms with Gasteiger partial charge in [-0.3, -0.25) is 0 Å². The van der Waals surface area contributed by atoms with Gasteiger partial charge in [0.1, 0.15) is 0 Å². The minimum absolute atomic E-state index is 0.255. The Balaban J connectivity index is 2.81. The highest BCUT2D eigenvalue weighted by Gasteiger charge is 2.33. The van der Waals surface area contributed by atoms with Gasteiger partial charge >= 0.3 is 6.18 Å². The van der Waals surface area contributed by atoms with Crippen molar-refractivity contribution in [2.75, 3.05) is 32.9 Å². The largest absolute Gasteiger partial charge is 0.416 e. The summed E-state index contributed by atoms with van der Waals surface area (Å²) in [6.45, 7) is 3.80. The summed E-state index contributed by atoms with van der Waals surface area (Å²) >= 11 is 1.45. The van der Waals surface area contributed by atoms with Crippen molar-refractivity contribution < 1.29 is 13.2 Å². The Hall–Kier alpha value is -0.720. The first-order chi connectivity index (χ1) is 9.84. The van der Waals surface area contributed by atoms with Crippen molar-refractivity contribution in [2.45, 2.75) is 31.0 Å². The maximum absolute atomic E-state index is 13.1. The lowest BCUT2D eigenvalue weighted by Crippen LogP contribution is -2.18. The van der Waals surface area contributed by atoms with Gasteiger partial charge in [0.05, 0.1) is 5.56 Å². The molecule has 21 heavy (non-hydrogen) atoms. The molecule has 0 radical (unpaired) electrons. The fourth-order valence-corrected chi connectivity index (χ4v) is 2.87. The summed E-state index contributed by atoms with van der Waals surface area (Å²) in [5.41, 5.74) is -0.214. The van der Waals surface area contributed by atoms with Crippen molar-refractivity contribution in [3.8, 4) is 0 Å². The molecule has 0 heterocycles. The van der Waals surface area contributed by atoms with E-state index in [1.165, 1.54) is 17.8 Å². The van der Waals surface area contributed by atoms with Gasteiger partial charge in [-0.15, -0.1) is 11.8 Å². The molecule has 0 saturated carbocycles. The van der Waals surface area contributed by atoms with Crippen molar-refractivity contribution in [1.29, 1.82) is 0 Å². The quantitative estimate of drug-likeness (QED) is 0.578. The Labute approximate surface area is 129 Å². The SMILES string of the molecule is CCCNCc1ccc(SCCN(C)C)cc1C(F)(F)F. The molecule has 0 spiro atoms. The summed E-state index contributed by atoms with van der Waals surface area (Å²) in [6, 6.07) is 4.63. The Morgan fingerprint density at radius 2 is 1.95 bits per heavy atom. The third-order valence-corrected chi connectivity index (χ3v) is 3.91. The average Bonchev–Trinajstić information content (AvgIpc) is 2.38. The lowest BCUT2D eigenvalue weighted by Gasteiger charge is -2.15. The molecule has 0 bridgehead atoms. The van der Waals surface area contributed by atoms with Crippen molar-refractivity contribution in [2.24, 2.45) is 0 Å². The van der Waals surface area contributed by atoms with Crippen LogP contribution in [0.4, 0.5) is 13.2 Å². The number of benzene rings is 1. The molecule has 1 N–H and O–H groups in total. The molecule has 1 aromatic carbocycles. The van der Waals surface area contributed by atoms with Gasteiger partial charge in [0, 0.05) is 23.7 Å². The second kappa shape index (κ2) is 8.66. The third-order valence-electron chi connectivity index (χ3n) is 2.94. The minimum atomic E-state index is -4.30. The van der Waals surface area contributed by atoms with E-state index in [9.17, 15) is 13.2 Å². The van der Waals surface area contributed by atoms with Crippen LogP contribution in [0.5, 0.6) is 0 Å². The van der Waals surface area contributed by atoms with E-state index in [0.717, 1.165) is 25.3 Å². The Bertz CT molecular complexity index is 433. The van der Waals surface area contributed by atoms with Crippen molar-refractivity contribution in [3.05, 3.63) is 29.3 Å². The summed E-state index contributed by atoms with van der Waals surface area (Å²) < 4.78 is 39.4. The van der Waals surface area contributed by atoms with Gasteiger partial charge < -0.3 is 10.2 Å². The van der Waals surface area contributed by atoms with E-state index in [1.807, 2.05) is 25.9 Å². The molecule has 0 aliphatic rings. The Morgan fingerprint density at radius 1 is 1.24 bits per heavy atom. The summed E-state index contributed by atoms with van der Waals surface area (Å²) in [6.07, 6.45) is -3.40. The van der Waals surface area contributed by atoms with Gasteiger partial charge in [-0.2, -0.15) is 13.2 Å². The van der Waals surface area contributed by atoms with E-state index >= 15 is 0 Å². The van der Waals surface area contributed by atoms with E-state index in [1.54, 1.807) is 12.1 Å². The second-order valence-electron chi connectivity index (χ2n) is 5.15. The molecule has 0 atom stereocenters. The van der Waals surface area contributed by atoms with E-state index in [2.05, 4.69) is 5.32 Å². The molecular weight excluding hydrogens is 297 g/mol. The number of hydrogen-bond donors (Lipinski definition) is 1. The highest BCUT2D eigenvalue weighted by molar-refractivity contribution is 7.99. The van der Waals surface area contributed by atoms with E-state index in [-0.39, 0.29) is 6.54 Å². The fraction of sp³-hybridized carbons (Fsp3) is 0.600. The molecule has 1 aromatic rings.